The summed E-state index contributed by atoms with van der Waals surface area (Å²) in [6.45, 7) is 3.08. The van der Waals surface area contributed by atoms with Gasteiger partial charge in [0, 0.05) is 13.0 Å². The van der Waals surface area contributed by atoms with Gasteiger partial charge < -0.3 is 10.1 Å². The highest BCUT2D eigenvalue weighted by atomic mass is 32.1. The van der Waals surface area contributed by atoms with Gasteiger partial charge in [-0.1, -0.05) is 11.8 Å². The molecule has 0 radical (unpaired) electrons. The quantitative estimate of drug-likeness (QED) is 0.494. The Morgan fingerprint density at radius 1 is 1.56 bits per heavy atom. The van der Waals surface area contributed by atoms with Crippen LogP contribution in [0.4, 0.5) is 0 Å². The Morgan fingerprint density at radius 2 is 2.38 bits per heavy atom. The van der Waals surface area contributed by atoms with Crippen LogP contribution in [-0.4, -0.2) is 26.2 Å². The van der Waals surface area contributed by atoms with Crippen molar-refractivity contribution in [3.8, 4) is 11.8 Å². The highest BCUT2D eigenvalue weighted by molar-refractivity contribution is 7.14. The minimum Gasteiger partial charge on any atom is -0.462 e. The summed E-state index contributed by atoms with van der Waals surface area (Å²) < 4.78 is 4.90. The molecule has 1 aromatic heterocycles. The van der Waals surface area contributed by atoms with Crippen LogP contribution in [0.1, 0.15) is 27.9 Å². The normalized spacial score (nSPS) is 9.38. The van der Waals surface area contributed by atoms with E-state index in [0.717, 1.165) is 17.8 Å². The van der Waals surface area contributed by atoms with Gasteiger partial charge in [0.1, 0.15) is 4.88 Å². The molecular weight excluding hydrogens is 222 g/mol. The monoisotopic (exact) mass is 237 g/mol. The predicted octanol–water partition coefficient (Wildman–Crippen LogP) is 1.89. The maximum Gasteiger partial charge on any atom is 0.348 e. The van der Waals surface area contributed by atoms with Gasteiger partial charge in [0.2, 0.25) is 0 Å². The van der Waals surface area contributed by atoms with Gasteiger partial charge in [-0.3, -0.25) is 0 Å². The van der Waals surface area contributed by atoms with E-state index in [4.69, 9.17) is 4.74 Å². The van der Waals surface area contributed by atoms with Crippen molar-refractivity contribution < 1.29 is 9.53 Å². The molecule has 0 spiro atoms. The molecule has 0 aliphatic heterocycles. The standard InChI is InChI=1S/C12H15NO2S/c1-3-15-12(14)11-8-7-10(16-11)6-4-5-9-13-2/h7-8,13H,3,5,9H2,1-2H3. The first-order valence-corrected chi connectivity index (χ1v) is 6.00. The van der Waals surface area contributed by atoms with Crippen LogP contribution in [-0.2, 0) is 4.74 Å². The Hall–Kier alpha value is -1.31. The number of carbonyl (C=O) groups is 1. The smallest absolute Gasteiger partial charge is 0.348 e. The van der Waals surface area contributed by atoms with Crippen LogP contribution >= 0.6 is 11.3 Å². The minimum atomic E-state index is -0.268. The van der Waals surface area contributed by atoms with Crippen LogP contribution in [0.2, 0.25) is 0 Å². The van der Waals surface area contributed by atoms with E-state index in [1.807, 2.05) is 13.1 Å². The van der Waals surface area contributed by atoms with Crippen LogP contribution in [0, 0.1) is 11.8 Å². The van der Waals surface area contributed by atoms with Gasteiger partial charge in [-0.25, -0.2) is 4.79 Å². The lowest BCUT2D eigenvalue weighted by Crippen LogP contribution is -2.05. The molecule has 0 fully saturated rings. The maximum absolute atomic E-state index is 11.4. The summed E-state index contributed by atoms with van der Waals surface area (Å²) in [7, 11) is 1.89. The van der Waals surface area contributed by atoms with Crippen LogP contribution in [0.5, 0.6) is 0 Å². The summed E-state index contributed by atoms with van der Waals surface area (Å²) in [5, 5.41) is 3.02. The van der Waals surface area contributed by atoms with Crippen LogP contribution in [0.3, 0.4) is 0 Å². The number of thiophene rings is 1. The molecule has 0 aliphatic rings. The fraction of sp³-hybridized carbons (Fsp3) is 0.417. The topological polar surface area (TPSA) is 38.3 Å². The average Bonchev–Trinajstić information content (AvgIpc) is 2.73. The van der Waals surface area contributed by atoms with Gasteiger partial charge in [0.15, 0.2) is 0 Å². The van der Waals surface area contributed by atoms with Crippen molar-refractivity contribution in [1.29, 1.82) is 0 Å². The Morgan fingerprint density at radius 3 is 3.06 bits per heavy atom. The number of carbonyl (C=O) groups excluding carboxylic acids is 1. The third-order valence-electron chi connectivity index (χ3n) is 1.79. The second kappa shape index (κ2) is 7.04. The molecule has 1 heterocycles. The Kier molecular flexibility index (Phi) is 5.62. The summed E-state index contributed by atoms with van der Waals surface area (Å²) >= 11 is 1.37. The second-order valence-corrected chi connectivity index (χ2v) is 4.12. The molecular formula is C12H15NO2S. The lowest BCUT2D eigenvalue weighted by atomic mass is 10.4. The van der Waals surface area contributed by atoms with Crippen LogP contribution in [0.25, 0.3) is 0 Å². The number of esters is 1. The van der Waals surface area contributed by atoms with E-state index in [1.54, 1.807) is 13.0 Å². The van der Waals surface area contributed by atoms with Gasteiger partial charge in [0.25, 0.3) is 0 Å². The van der Waals surface area contributed by atoms with Crippen molar-refractivity contribution in [3.05, 3.63) is 21.9 Å². The van der Waals surface area contributed by atoms with E-state index in [1.165, 1.54) is 11.3 Å². The lowest BCUT2D eigenvalue weighted by Gasteiger charge is -1.95. The summed E-state index contributed by atoms with van der Waals surface area (Å²) in [6, 6.07) is 3.61. The third-order valence-corrected chi connectivity index (χ3v) is 2.77. The molecule has 86 valence electrons. The summed E-state index contributed by atoms with van der Waals surface area (Å²) in [4.78, 5) is 12.9. The van der Waals surface area contributed by atoms with Crippen molar-refractivity contribution in [1.82, 2.24) is 5.32 Å². The van der Waals surface area contributed by atoms with E-state index in [-0.39, 0.29) is 5.97 Å². The molecule has 0 unspecified atom stereocenters. The fourth-order valence-electron chi connectivity index (χ4n) is 1.05. The molecule has 1 aromatic rings. The van der Waals surface area contributed by atoms with Crippen LogP contribution in [0.15, 0.2) is 12.1 Å². The van der Waals surface area contributed by atoms with E-state index < -0.39 is 0 Å². The van der Waals surface area contributed by atoms with Crippen molar-refractivity contribution in [2.45, 2.75) is 13.3 Å². The Balaban J connectivity index is 2.56. The number of rotatable bonds is 4. The molecule has 0 saturated carbocycles. The van der Waals surface area contributed by atoms with E-state index in [0.29, 0.717) is 11.5 Å². The highest BCUT2D eigenvalue weighted by Gasteiger charge is 2.08. The molecule has 0 aliphatic carbocycles. The molecule has 16 heavy (non-hydrogen) atoms. The van der Waals surface area contributed by atoms with Gasteiger partial charge in [0.05, 0.1) is 11.5 Å². The highest BCUT2D eigenvalue weighted by Crippen LogP contribution is 2.16. The van der Waals surface area contributed by atoms with Crippen molar-refractivity contribution >= 4 is 17.3 Å². The second-order valence-electron chi connectivity index (χ2n) is 3.04. The summed E-state index contributed by atoms with van der Waals surface area (Å²) in [5.41, 5.74) is 0. The molecule has 0 aromatic carbocycles. The minimum absolute atomic E-state index is 0.268. The van der Waals surface area contributed by atoms with Crippen molar-refractivity contribution in [3.63, 3.8) is 0 Å². The molecule has 1 rings (SSSR count). The molecule has 1 N–H and O–H groups in total. The summed E-state index contributed by atoms with van der Waals surface area (Å²) in [5.74, 6) is 5.78. The number of ether oxygens (including phenoxy) is 1. The maximum atomic E-state index is 11.4. The van der Waals surface area contributed by atoms with Crippen molar-refractivity contribution in [2.75, 3.05) is 20.2 Å². The van der Waals surface area contributed by atoms with Gasteiger partial charge >= 0.3 is 5.97 Å². The lowest BCUT2D eigenvalue weighted by molar-refractivity contribution is 0.0532. The molecule has 0 bridgehead atoms. The van der Waals surface area contributed by atoms with Gasteiger partial charge in [-0.05, 0) is 26.1 Å². The molecule has 3 nitrogen and oxygen atoms in total. The first-order chi connectivity index (χ1) is 7.77. The van der Waals surface area contributed by atoms with Crippen LogP contribution < -0.4 is 5.32 Å². The zero-order valence-corrected chi connectivity index (χ0v) is 10.3. The zero-order chi connectivity index (χ0) is 11.8. The first-order valence-electron chi connectivity index (χ1n) is 5.18. The average molecular weight is 237 g/mol. The molecule has 4 heteroatoms. The number of nitrogens with one attached hydrogen (secondary N) is 1. The summed E-state index contributed by atoms with van der Waals surface area (Å²) in [6.07, 6.45) is 0.809. The largest absolute Gasteiger partial charge is 0.462 e. The zero-order valence-electron chi connectivity index (χ0n) is 9.50. The van der Waals surface area contributed by atoms with E-state index in [2.05, 4.69) is 17.2 Å². The predicted molar refractivity (Wildman–Crippen MR) is 65.7 cm³/mol. The fourth-order valence-corrected chi connectivity index (χ4v) is 1.83. The van der Waals surface area contributed by atoms with E-state index in [9.17, 15) is 4.79 Å². The Bertz CT molecular complexity index is 401. The number of hydrogen-bond donors (Lipinski definition) is 1. The van der Waals surface area contributed by atoms with Gasteiger partial charge in [-0.15, -0.1) is 11.3 Å². The number of hydrogen-bond acceptors (Lipinski definition) is 4. The SMILES string of the molecule is CCOC(=O)c1ccc(C#CCCNC)s1. The molecule has 0 atom stereocenters. The third kappa shape index (κ3) is 4.05. The first kappa shape index (κ1) is 12.8. The van der Waals surface area contributed by atoms with Gasteiger partial charge in [-0.2, -0.15) is 0 Å². The molecule has 0 saturated heterocycles. The van der Waals surface area contributed by atoms with Crippen molar-refractivity contribution in [2.24, 2.45) is 0 Å². The Labute approximate surface area is 99.8 Å². The molecule has 0 amide bonds. The van der Waals surface area contributed by atoms with E-state index >= 15 is 0 Å².